The number of carbonyl (C=O) groups is 1. The molecule has 7 heteroatoms. The van der Waals surface area contributed by atoms with Gasteiger partial charge in [0.1, 0.15) is 5.82 Å². The fourth-order valence-corrected chi connectivity index (χ4v) is 1.85. The molecule has 23 heavy (non-hydrogen) atoms. The second-order valence-corrected chi connectivity index (χ2v) is 4.96. The van der Waals surface area contributed by atoms with E-state index in [1.165, 1.54) is 13.2 Å². The molecule has 0 saturated heterocycles. The first kappa shape index (κ1) is 21.6. The lowest BCUT2D eigenvalue weighted by molar-refractivity contribution is -0.140. The topological polar surface area (TPSA) is 62.7 Å². The molecule has 2 N–H and O–H groups in total. The molecule has 1 aromatic rings. The number of carbonyl (C=O) groups excluding carboxylic acids is 1. The van der Waals surface area contributed by atoms with E-state index in [1.54, 1.807) is 13.0 Å². The molecule has 0 fully saturated rings. The predicted octanol–water partition coefficient (Wildman–Crippen LogP) is 2.93. The second kappa shape index (κ2) is 11.2. The monoisotopic (exact) mass is 437 g/mol. The number of nitrogens with one attached hydrogen (secondary N) is 2. The van der Waals surface area contributed by atoms with Gasteiger partial charge in [-0.1, -0.05) is 12.1 Å². The lowest BCUT2D eigenvalue weighted by Gasteiger charge is -2.18. The number of esters is 1. The summed E-state index contributed by atoms with van der Waals surface area (Å²) in [5, 5.41) is 6.29. The molecule has 0 aliphatic heterocycles. The van der Waals surface area contributed by atoms with Crippen LogP contribution in [0.3, 0.4) is 0 Å². The third-order valence-corrected chi connectivity index (χ3v) is 3.21. The minimum Gasteiger partial charge on any atom is -0.469 e. The maximum absolute atomic E-state index is 13.6. The molecule has 5 nitrogen and oxygen atoms in total. The average molecular weight is 437 g/mol. The Bertz CT molecular complexity index is 538. The van der Waals surface area contributed by atoms with E-state index in [9.17, 15) is 9.18 Å². The number of rotatable bonds is 6. The Labute approximate surface area is 154 Å². The summed E-state index contributed by atoms with van der Waals surface area (Å²) >= 11 is 0. The first-order valence-electron chi connectivity index (χ1n) is 7.35. The van der Waals surface area contributed by atoms with E-state index in [0.717, 1.165) is 5.56 Å². The van der Waals surface area contributed by atoms with Crippen molar-refractivity contribution >= 4 is 35.9 Å². The summed E-state index contributed by atoms with van der Waals surface area (Å²) in [6.45, 7) is 6.64. The number of aliphatic imine (C=N–C) groups is 1. The van der Waals surface area contributed by atoms with E-state index in [2.05, 4.69) is 20.4 Å². The van der Waals surface area contributed by atoms with Gasteiger partial charge in [-0.25, -0.2) is 4.39 Å². The van der Waals surface area contributed by atoms with Crippen LogP contribution in [0.5, 0.6) is 0 Å². The van der Waals surface area contributed by atoms with Gasteiger partial charge in [-0.2, -0.15) is 0 Å². The van der Waals surface area contributed by atoms with Gasteiger partial charge in [0.25, 0.3) is 0 Å². The van der Waals surface area contributed by atoms with Crippen molar-refractivity contribution in [3.63, 3.8) is 0 Å². The molecule has 1 aromatic carbocycles. The Balaban J connectivity index is 0.00000484. The highest BCUT2D eigenvalue weighted by Gasteiger charge is 2.10. The van der Waals surface area contributed by atoms with Crippen molar-refractivity contribution in [1.29, 1.82) is 0 Å². The van der Waals surface area contributed by atoms with Gasteiger partial charge in [0, 0.05) is 6.54 Å². The van der Waals surface area contributed by atoms with Crippen molar-refractivity contribution in [2.75, 3.05) is 20.2 Å². The second-order valence-electron chi connectivity index (χ2n) is 4.96. The van der Waals surface area contributed by atoms with Crippen LogP contribution >= 0.6 is 24.0 Å². The molecular weight excluding hydrogens is 412 g/mol. The third-order valence-electron chi connectivity index (χ3n) is 3.21. The van der Waals surface area contributed by atoms with Gasteiger partial charge in [0.2, 0.25) is 0 Å². The largest absolute Gasteiger partial charge is 0.469 e. The number of ether oxygens (including phenoxy) is 1. The highest BCUT2D eigenvalue weighted by atomic mass is 127. The molecule has 0 aliphatic carbocycles. The van der Waals surface area contributed by atoms with E-state index in [-0.39, 0.29) is 48.2 Å². The van der Waals surface area contributed by atoms with Crippen LogP contribution in [0, 0.1) is 12.7 Å². The number of guanidine groups is 1. The standard InChI is InChI=1S/C16H24FN3O2.HI/c1-5-18-16(19-9-8-15(21)22-4)20-12(3)13-7-6-11(2)14(17)10-13;/h6-7,10,12H,5,8-9H2,1-4H3,(H2,18,19,20);1H. The van der Waals surface area contributed by atoms with E-state index in [1.807, 2.05) is 19.9 Å². The fourth-order valence-electron chi connectivity index (χ4n) is 1.85. The fraction of sp³-hybridized carbons (Fsp3) is 0.500. The van der Waals surface area contributed by atoms with Crippen molar-refractivity contribution < 1.29 is 13.9 Å². The van der Waals surface area contributed by atoms with Crippen molar-refractivity contribution in [3.05, 3.63) is 35.1 Å². The van der Waals surface area contributed by atoms with Gasteiger partial charge in [0.05, 0.1) is 26.1 Å². The van der Waals surface area contributed by atoms with E-state index in [4.69, 9.17) is 0 Å². The smallest absolute Gasteiger partial charge is 0.307 e. The van der Waals surface area contributed by atoms with E-state index < -0.39 is 0 Å². The van der Waals surface area contributed by atoms with Gasteiger partial charge in [-0.05, 0) is 38.0 Å². The molecule has 0 saturated carbocycles. The molecule has 0 radical (unpaired) electrons. The lowest BCUT2D eigenvalue weighted by atomic mass is 10.1. The number of nitrogens with zero attached hydrogens (tertiary/aromatic N) is 1. The van der Waals surface area contributed by atoms with Gasteiger partial charge in [-0.15, -0.1) is 24.0 Å². The molecule has 0 aliphatic rings. The Morgan fingerprint density at radius 3 is 2.70 bits per heavy atom. The zero-order valence-corrected chi connectivity index (χ0v) is 16.3. The van der Waals surface area contributed by atoms with Crippen LogP contribution in [0.15, 0.2) is 23.2 Å². The predicted molar refractivity (Wildman–Crippen MR) is 101 cm³/mol. The van der Waals surface area contributed by atoms with Crippen molar-refractivity contribution in [3.8, 4) is 0 Å². The number of benzene rings is 1. The minimum absolute atomic E-state index is 0. The Hall–Kier alpha value is -1.38. The number of aryl methyl sites for hydroxylation is 1. The number of hydrogen-bond donors (Lipinski definition) is 2. The summed E-state index contributed by atoms with van der Waals surface area (Å²) < 4.78 is 18.2. The first-order chi connectivity index (χ1) is 10.5. The summed E-state index contributed by atoms with van der Waals surface area (Å²) in [7, 11) is 1.35. The van der Waals surface area contributed by atoms with Crippen LogP contribution in [-0.2, 0) is 9.53 Å². The molecule has 1 rings (SSSR count). The Morgan fingerprint density at radius 2 is 2.13 bits per heavy atom. The minimum atomic E-state index is -0.298. The van der Waals surface area contributed by atoms with Crippen molar-refractivity contribution in [2.45, 2.75) is 33.2 Å². The van der Waals surface area contributed by atoms with Gasteiger partial charge in [0.15, 0.2) is 5.96 Å². The summed E-state index contributed by atoms with van der Waals surface area (Å²) in [5.41, 5.74) is 1.45. The zero-order chi connectivity index (χ0) is 16.5. The van der Waals surface area contributed by atoms with Gasteiger partial charge < -0.3 is 15.4 Å². The van der Waals surface area contributed by atoms with Gasteiger partial charge in [-0.3, -0.25) is 9.79 Å². The zero-order valence-electron chi connectivity index (χ0n) is 14.0. The molecule has 0 aromatic heterocycles. The molecule has 1 atom stereocenters. The number of halogens is 2. The van der Waals surface area contributed by atoms with Crippen LogP contribution in [0.4, 0.5) is 4.39 Å². The van der Waals surface area contributed by atoms with Crippen LogP contribution in [-0.4, -0.2) is 32.1 Å². The molecule has 0 heterocycles. The van der Waals surface area contributed by atoms with Crippen LogP contribution < -0.4 is 10.6 Å². The molecule has 0 bridgehead atoms. The Kier molecular flexibility index (Phi) is 10.5. The molecule has 1 unspecified atom stereocenters. The van der Waals surface area contributed by atoms with E-state index in [0.29, 0.717) is 24.6 Å². The molecular formula is C16H25FIN3O2. The highest BCUT2D eigenvalue weighted by Crippen LogP contribution is 2.16. The summed E-state index contributed by atoms with van der Waals surface area (Å²) in [6.07, 6.45) is 0.223. The van der Waals surface area contributed by atoms with Crippen molar-refractivity contribution in [2.24, 2.45) is 4.99 Å². The number of methoxy groups -OCH3 is 1. The summed E-state index contributed by atoms with van der Waals surface area (Å²) in [5.74, 6) is 0.0620. The summed E-state index contributed by atoms with van der Waals surface area (Å²) in [6, 6.07) is 5.05. The average Bonchev–Trinajstić information content (AvgIpc) is 2.49. The number of hydrogen-bond acceptors (Lipinski definition) is 3. The molecule has 0 spiro atoms. The molecule has 0 amide bonds. The Morgan fingerprint density at radius 1 is 1.43 bits per heavy atom. The maximum Gasteiger partial charge on any atom is 0.307 e. The first-order valence-corrected chi connectivity index (χ1v) is 7.35. The van der Waals surface area contributed by atoms with E-state index >= 15 is 0 Å². The lowest BCUT2D eigenvalue weighted by Crippen LogP contribution is -2.39. The van der Waals surface area contributed by atoms with Crippen LogP contribution in [0.1, 0.15) is 37.4 Å². The van der Waals surface area contributed by atoms with Crippen molar-refractivity contribution in [1.82, 2.24) is 10.6 Å². The quantitative estimate of drug-likeness (QED) is 0.311. The van der Waals surface area contributed by atoms with Gasteiger partial charge >= 0.3 is 5.97 Å². The normalized spacial score (nSPS) is 12.1. The molecule has 130 valence electrons. The third kappa shape index (κ3) is 7.62. The SMILES string of the molecule is CCNC(=NCCC(=O)OC)NC(C)c1ccc(C)c(F)c1.I. The van der Waals surface area contributed by atoms with Crippen LogP contribution in [0.25, 0.3) is 0 Å². The van der Waals surface area contributed by atoms with Crippen LogP contribution in [0.2, 0.25) is 0 Å². The summed E-state index contributed by atoms with van der Waals surface area (Å²) in [4.78, 5) is 15.4. The maximum atomic E-state index is 13.6. The highest BCUT2D eigenvalue weighted by molar-refractivity contribution is 14.0.